The van der Waals surface area contributed by atoms with Crippen LogP contribution in [0.25, 0.3) is 83.1 Å². The van der Waals surface area contributed by atoms with Crippen LogP contribution in [0.4, 0.5) is 20.1 Å². The monoisotopic (exact) mass is 1690 g/mol. The topological polar surface area (TPSA) is 326 Å². The molecule has 0 spiro atoms. The van der Waals surface area contributed by atoms with E-state index in [2.05, 4.69) is 56.4 Å². The summed E-state index contributed by atoms with van der Waals surface area (Å²) in [4.78, 5) is 166. The number of pyridine rings is 3. The van der Waals surface area contributed by atoms with Crippen LogP contribution in [0.5, 0.6) is 0 Å². The third kappa shape index (κ3) is 14.8. The Morgan fingerprint density at radius 3 is 1.06 bits per heavy atom. The van der Waals surface area contributed by atoms with Gasteiger partial charge in [0.15, 0.2) is 34.7 Å². The molecule has 0 atom stereocenters. The summed E-state index contributed by atoms with van der Waals surface area (Å²) in [7, 11) is 0. The van der Waals surface area contributed by atoms with Crippen LogP contribution in [0, 0.1) is 0 Å². The molecule has 28 nitrogen and oxygen atoms in total. The fourth-order valence-electron chi connectivity index (χ4n) is 19.2. The maximum Gasteiger partial charge on any atom is 0.320 e. The van der Waals surface area contributed by atoms with Gasteiger partial charge in [-0.25, -0.2) is 29.3 Å². The molecule has 21 rings (SSSR count). The number of likely N-dealkylation sites (tertiary alicyclic amines) is 3. The van der Waals surface area contributed by atoms with Gasteiger partial charge >= 0.3 is 18.1 Å². The normalized spacial score (nSPS) is 17.6. The fraction of sp³-hybridized carbons (Fsp3) is 0.326. The first-order valence-corrected chi connectivity index (χ1v) is 42.3. The van der Waals surface area contributed by atoms with E-state index in [1.54, 1.807) is 25.5 Å². The van der Waals surface area contributed by atoms with Gasteiger partial charge in [0.1, 0.15) is 22.7 Å². The zero-order valence-corrected chi connectivity index (χ0v) is 69.0. The Morgan fingerprint density at radius 1 is 0.380 bits per heavy atom. The van der Waals surface area contributed by atoms with Gasteiger partial charge in [-0.2, -0.15) is 0 Å². The first-order valence-electron chi connectivity index (χ1n) is 41.6. The number of halogens is 1. The number of amides is 7. The molecule has 9 aromatic heterocycles. The van der Waals surface area contributed by atoms with Crippen molar-refractivity contribution in [2.75, 3.05) is 64.6 Å². The van der Waals surface area contributed by atoms with Gasteiger partial charge in [-0.05, 0) is 154 Å². The summed E-state index contributed by atoms with van der Waals surface area (Å²) in [6.07, 6.45) is 26.0. The summed E-state index contributed by atoms with van der Waals surface area (Å²) in [5.41, 5.74) is 26.7. The predicted octanol–water partition coefficient (Wildman–Crippen LogP) is 12.5. The van der Waals surface area contributed by atoms with Crippen molar-refractivity contribution in [3.05, 3.63) is 207 Å². The molecule has 0 radical (unpaired) electrons. The van der Waals surface area contributed by atoms with Crippen molar-refractivity contribution < 1.29 is 52.7 Å². The summed E-state index contributed by atoms with van der Waals surface area (Å²) in [5.74, 6) is -1.49. The van der Waals surface area contributed by atoms with Crippen LogP contribution in [0.15, 0.2) is 151 Å². The average Bonchev–Trinajstić information content (AvgIpc) is 1.59. The van der Waals surface area contributed by atoms with Gasteiger partial charge < -0.3 is 54.6 Å². The Labute approximate surface area is 703 Å². The van der Waals surface area contributed by atoms with Crippen molar-refractivity contribution in [2.24, 2.45) is 5.73 Å². The van der Waals surface area contributed by atoms with Crippen molar-refractivity contribution in [3.8, 4) is 0 Å². The SMILES string of the molecule is CC(=O)Cc1cc2c3c(c1)c(C1=C(c4cnc5ccccn45)C(=O)CC1=O)cn3CCN(C(=O)N1CCCCC1)C2.CC(N)=O.Nc1cc2c3c(c1)c(C1=C(c4cnc5ccccn45)C(=O)CC1=O)cn3CCN(C(=O)N1CCCCC1)C2.O=C1CC(=O)C(c2cnc3ccccn23)=C1c1cn2c3c(cc(Br)cc13)CN(C(=O)N1CCCCC1)CC2. The van der Waals surface area contributed by atoms with Crippen molar-refractivity contribution in [3.63, 3.8) is 0 Å². The first kappa shape index (κ1) is 79.0. The molecule has 4 N–H and O–H groups in total. The highest BCUT2D eigenvalue weighted by Crippen LogP contribution is 2.46. The van der Waals surface area contributed by atoms with Crippen molar-refractivity contribution in [2.45, 2.75) is 137 Å². The Hall–Kier alpha value is -13.2. The van der Waals surface area contributed by atoms with E-state index in [-0.39, 0.29) is 90.2 Å². The maximum absolute atomic E-state index is 13.5. The van der Waals surface area contributed by atoms with Gasteiger partial charge in [0.2, 0.25) is 5.91 Å². The van der Waals surface area contributed by atoms with Crippen LogP contribution in [0.3, 0.4) is 0 Å². The highest BCUT2D eigenvalue weighted by molar-refractivity contribution is 9.10. The van der Waals surface area contributed by atoms with Crippen LogP contribution in [0.2, 0.25) is 0 Å². The lowest BCUT2D eigenvalue weighted by Crippen LogP contribution is -2.45. The lowest BCUT2D eigenvalue weighted by molar-refractivity contribution is -0.121. The Balaban J connectivity index is 0.000000122. The molecule has 0 bridgehead atoms. The molecule has 121 heavy (non-hydrogen) atoms. The van der Waals surface area contributed by atoms with Gasteiger partial charge in [0, 0.05) is 208 Å². The summed E-state index contributed by atoms with van der Waals surface area (Å²) in [6.45, 7) is 12.5. The number of carbonyl (C=O) groups excluding carboxylic acids is 11. The number of ketones is 7. The molecule has 3 fully saturated rings. The number of nitrogen functional groups attached to an aromatic ring is 1. The number of urea groups is 3. The number of nitrogens with two attached hydrogens (primary N) is 2. The van der Waals surface area contributed by atoms with Crippen LogP contribution in [-0.2, 0) is 84.0 Å². The zero-order chi connectivity index (χ0) is 83.8. The van der Waals surface area contributed by atoms with E-state index in [1.807, 2.05) is 165 Å². The van der Waals surface area contributed by atoms with Gasteiger partial charge in [-0.1, -0.05) is 40.2 Å². The summed E-state index contributed by atoms with van der Waals surface area (Å²) < 4.78 is 12.8. The molecule has 3 aromatic carbocycles. The second kappa shape index (κ2) is 32.5. The second-order valence-electron chi connectivity index (χ2n) is 32.7. The average molecular weight is 1690 g/mol. The number of anilines is 1. The molecule has 3 saturated heterocycles. The number of allylic oxidation sites excluding steroid dienone is 6. The largest absolute Gasteiger partial charge is 0.399 e. The van der Waals surface area contributed by atoms with Gasteiger partial charge in [-0.3, -0.25) is 51.6 Å². The van der Waals surface area contributed by atoms with Crippen LogP contribution in [-0.4, -0.2) is 195 Å². The van der Waals surface area contributed by atoms with E-state index in [4.69, 9.17) is 5.73 Å². The number of fused-ring (bicyclic) bond motifs is 3. The Kier molecular flexibility index (Phi) is 21.2. The minimum Gasteiger partial charge on any atom is -0.399 e. The number of benzene rings is 3. The predicted molar refractivity (Wildman–Crippen MR) is 461 cm³/mol. The molecule has 12 aromatic rings. The highest BCUT2D eigenvalue weighted by Gasteiger charge is 2.41. The fourth-order valence-corrected chi connectivity index (χ4v) is 19.7. The first-order chi connectivity index (χ1) is 58.6. The number of rotatable bonds is 8. The van der Waals surface area contributed by atoms with E-state index < -0.39 is 0 Å². The number of nitrogens with zero attached hydrogens (tertiary/aromatic N) is 15. The van der Waals surface area contributed by atoms with Crippen LogP contribution < -0.4 is 11.5 Å². The molecule has 0 saturated carbocycles. The number of hydrogen-bond acceptors (Lipinski definition) is 15. The standard InChI is InChI=1S/C32H31N5O4.C29H26BrN5O3.C29H28N6O3.C2H5NO/c1-20(38)13-21-14-22-18-36(32(41)34-8-4-2-5-9-34)12-11-35-19-24(23(15-21)31(22)35)29-26(39)16-27(40)30(29)25-17-33-28-7-3-6-10-37(25)28;2*30-19-12-18-16-34(29(38)32-7-3-1-4-8-32)11-10-33-17-21(20(13-19)28(18)33)26-23(36)14-24(37)27(26)22-15-31-25-6-2-5-9-35(22)25;1-2(3)4/h3,6-7,10,14-15,17,19H,2,4-5,8-9,11-13,16,18H2,1H3;2,5-6,9,12-13,15,17H,1,3-4,7-8,10-11,14,16H2;2,5-6,9,12-13,15,17H,1,3-4,7-8,10-11,14,16,30H2;1H3,(H2,3,4). The van der Waals surface area contributed by atoms with Gasteiger partial charge in [0.25, 0.3) is 0 Å². The van der Waals surface area contributed by atoms with Crippen molar-refractivity contribution >= 4 is 169 Å². The summed E-state index contributed by atoms with van der Waals surface area (Å²) >= 11 is 3.67. The summed E-state index contributed by atoms with van der Waals surface area (Å²) in [5, 5.41) is 2.57. The lowest BCUT2D eigenvalue weighted by Gasteiger charge is -2.32. The molecule has 0 unspecified atom stereocenters. The molecular formula is C92H90BrN17O11. The van der Waals surface area contributed by atoms with Gasteiger partial charge in [0.05, 0.1) is 88.2 Å². The van der Waals surface area contributed by atoms with E-state index in [0.29, 0.717) is 138 Å². The quantitative estimate of drug-likeness (QED) is 0.105. The molecule has 15 heterocycles. The van der Waals surface area contributed by atoms with Gasteiger partial charge in [-0.15, -0.1) is 0 Å². The number of carbonyl (C=O) groups is 11. The lowest BCUT2D eigenvalue weighted by atomic mass is 9.95. The third-order valence-corrected chi connectivity index (χ3v) is 24.9. The van der Waals surface area contributed by atoms with E-state index in [0.717, 1.165) is 155 Å². The maximum atomic E-state index is 13.5. The van der Waals surface area contributed by atoms with Crippen molar-refractivity contribution in [1.82, 2.24) is 71.3 Å². The van der Waals surface area contributed by atoms with E-state index in [1.165, 1.54) is 19.8 Å². The number of Topliss-reactive ketones (excluding diaryl/α,β-unsaturated/α-hetero) is 7. The number of primary amides is 1. The molecule has 9 aliphatic rings. The smallest absolute Gasteiger partial charge is 0.320 e. The molecule has 3 aliphatic carbocycles. The molecule has 7 amide bonds. The number of aromatic nitrogens is 9. The zero-order valence-electron chi connectivity index (χ0n) is 67.4. The van der Waals surface area contributed by atoms with Crippen LogP contribution in [0.1, 0.15) is 147 Å². The second-order valence-corrected chi connectivity index (χ2v) is 33.6. The van der Waals surface area contributed by atoms with Crippen LogP contribution >= 0.6 is 15.9 Å². The number of piperidine rings is 3. The Bertz CT molecular complexity index is 6260. The third-order valence-electron chi connectivity index (χ3n) is 24.5. The molecule has 6 aliphatic heterocycles. The molecular weight excluding hydrogens is 1600 g/mol. The van der Waals surface area contributed by atoms with Crippen molar-refractivity contribution in [1.29, 1.82) is 0 Å². The Morgan fingerprint density at radius 2 is 0.702 bits per heavy atom. The molecule has 29 heteroatoms. The highest BCUT2D eigenvalue weighted by atomic mass is 79.9. The van der Waals surface area contributed by atoms with E-state index in [9.17, 15) is 52.7 Å². The minimum absolute atomic E-state index is 0.0326. The number of hydrogen-bond donors (Lipinski definition) is 2. The summed E-state index contributed by atoms with van der Waals surface area (Å²) in [6, 6.07) is 29.0. The number of imidazole rings is 3. The molecule has 616 valence electrons. The minimum atomic E-state index is -0.333. The van der Waals surface area contributed by atoms with E-state index >= 15 is 0 Å².